The summed E-state index contributed by atoms with van der Waals surface area (Å²) in [6.07, 6.45) is -2.18. The predicted molar refractivity (Wildman–Crippen MR) is 155 cm³/mol. The van der Waals surface area contributed by atoms with Crippen LogP contribution in [-0.4, -0.2) is 130 Å². The van der Waals surface area contributed by atoms with Gasteiger partial charge in [-0.2, -0.15) is 0 Å². The van der Waals surface area contributed by atoms with E-state index in [9.17, 15) is 39.6 Å². The Morgan fingerprint density at radius 3 is 2.02 bits per heavy atom. The molecule has 3 aliphatic rings. The van der Waals surface area contributed by atoms with Gasteiger partial charge in [0.05, 0.1) is 24.4 Å². The van der Waals surface area contributed by atoms with Crippen LogP contribution >= 0.6 is 0 Å². The number of aliphatic hydroxyl groups is 4. The summed E-state index contributed by atoms with van der Waals surface area (Å²) in [7, 11) is 0. The SMILES string of the molecule is C[C@@H]1O[C@@H](OCCCCN(CCCCO[C@@H]2O[C@@H](C)C[C@@H](O)[C@@H]2O)C(=O)CCCCC(=O)ON2C(=O)CCC2=O)[C@@H](O)C[C@@H]1O. The molecule has 0 saturated carbocycles. The molecule has 0 aromatic heterocycles. The molecule has 0 aliphatic carbocycles. The summed E-state index contributed by atoms with van der Waals surface area (Å²) in [6, 6.07) is 0. The van der Waals surface area contributed by atoms with Crippen LogP contribution in [-0.2, 0) is 43.0 Å². The molecule has 8 atom stereocenters. The van der Waals surface area contributed by atoms with E-state index in [0.717, 1.165) is 0 Å². The standard InChI is InChI=1S/C30H50N2O13/c1-19-17-22(34)28(40)30(43-19)42-16-8-6-14-31(13-5-7-15-41-29-23(35)18-21(33)20(2)44-29)24(36)9-3-4-10-27(39)45-32-25(37)11-12-26(32)38/h19-23,28-30,33-35,40H,3-18H2,1-2H3/t19-,20-,21-,22+,23-,28-,29+,30+/m0/s1. The van der Waals surface area contributed by atoms with Crippen LogP contribution in [0.2, 0.25) is 0 Å². The highest BCUT2D eigenvalue weighted by molar-refractivity contribution is 6.01. The summed E-state index contributed by atoms with van der Waals surface area (Å²) in [5.41, 5.74) is 0. The van der Waals surface area contributed by atoms with E-state index in [1.165, 1.54) is 0 Å². The maximum absolute atomic E-state index is 13.1. The lowest BCUT2D eigenvalue weighted by Gasteiger charge is -2.35. The zero-order valence-electron chi connectivity index (χ0n) is 26.3. The molecule has 0 bridgehead atoms. The predicted octanol–water partition coefficient (Wildman–Crippen LogP) is 0.290. The highest BCUT2D eigenvalue weighted by atomic mass is 16.7. The van der Waals surface area contributed by atoms with Gasteiger partial charge in [0.25, 0.3) is 11.8 Å². The van der Waals surface area contributed by atoms with Crippen molar-refractivity contribution in [3.05, 3.63) is 0 Å². The summed E-state index contributed by atoms with van der Waals surface area (Å²) in [5.74, 6) is -1.87. The summed E-state index contributed by atoms with van der Waals surface area (Å²) in [4.78, 5) is 55.0. The molecule has 15 heteroatoms. The van der Waals surface area contributed by atoms with Crippen molar-refractivity contribution in [1.29, 1.82) is 0 Å². The van der Waals surface area contributed by atoms with Crippen molar-refractivity contribution in [3.8, 4) is 0 Å². The number of unbranched alkanes of at least 4 members (excludes halogenated alkanes) is 3. The maximum Gasteiger partial charge on any atom is 0.333 e. The zero-order valence-corrected chi connectivity index (χ0v) is 26.3. The summed E-state index contributed by atoms with van der Waals surface area (Å²) >= 11 is 0. The van der Waals surface area contributed by atoms with Crippen LogP contribution in [0.25, 0.3) is 0 Å². The van der Waals surface area contributed by atoms with Gasteiger partial charge in [0.1, 0.15) is 12.2 Å². The normalized spacial score (nSPS) is 30.5. The topological polar surface area (TPSA) is 202 Å². The maximum atomic E-state index is 13.1. The van der Waals surface area contributed by atoms with Gasteiger partial charge in [-0.25, -0.2) is 4.79 Å². The molecule has 258 valence electrons. The van der Waals surface area contributed by atoms with Crippen LogP contribution in [0.1, 0.15) is 90.9 Å². The van der Waals surface area contributed by atoms with E-state index in [2.05, 4.69) is 0 Å². The molecule has 3 rings (SSSR count). The Bertz CT molecular complexity index is 952. The second-order valence-electron chi connectivity index (χ2n) is 12.0. The van der Waals surface area contributed by atoms with Crippen LogP contribution in [0.15, 0.2) is 0 Å². The molecule has 0 aromatic carbocycles. The number of carbonyl (C=O) groups is 4. The third kappa shape index (κ3) is 12.1. The average Bonchev–Trinajstić information content (AvgIpc) is 3.30. The number of ether oxygens (including phenoxy) is 4. The van der Waals surface area contributed by atoms with Gasteiger partial charge in [0, 0.05) is 64.8 Å². The molecule has 3 amide bonds. The number of carbonyl (C=O) groups excluding carboxylic acids is 4. The number of hydroxylamine groups is 2. The minimum absolute atomic E-state index is 0.0208. The van der Waals surface area contributed by atoms with Crippen molar-refractivity contribution in [3.63, 3.8) is 0 Å². The van der Waals surface area contributed by atoms with Crippen molar-refractivity contribution in [2.24, 2.45) is 0 Å². The average molecular weight is 647 g/mol. The number of rotatable bonds is 18. The monoisotopic (exact) mass is 646 g/mol. The second kappa shape index (κ2) is 18.8. The van der Waals surface area contributed by atoms with Crippen molar-refractivity contribution in [2.45, 2.75) is 140 Å². The first-order valence-electron chi connectivity index (χ1n) is 16.1. The van der Waals surface area contributed by atoms with Crippen LogP contribution in [0.5, 0.6) is 0 Å². The van der Waals surface area contributed by atoms with Crippen molar-refractivity contribution < 1.29 is 63.4 Å². The van der Waals surface area contributed by atoms with Gasteiger partial charge < -0.3 is 49.1 Å². The van der Waals surface area contributed by atoms with Crippen LogP contribution in [0.3, 0.4) is 0 Å². The second-order valence-corrected chi connectivity index (χ2v) is 12.0. The highest BCUT2D eigenvalue weighted by Gasteiger charge is 2.36. The first kappa shape index (κ1) is 37.2. The number of imide groups is 1. The highest BCUT2D eigenvalue weighted by Crippen LogP contribution is 2.22. The number of hydrogen-bond donors (Lipinski definition) is 4. The Labute approximate surface area is 263 Å². The fourth-order valence-electron chi connectivity index (χ4n) is 5.34. The van der Waals surface area contributed by atoms with Crippen molar-refractivity contribution >= 4 is 23.7 Å². The van der Waals surface area contributed by atoms with E-state index < -0.39 is 60.9 Å². The summed E-state index contributed by atoms with van der Waals surface area (Å²) in [6.45, 7) is 5.01. The van der Waals surface area contributed by atoms with Crippen molar-refractivity contribution in [2.75, 3.05) is 26.3 Å². The summed E-state index contributed by atoms with van der Waals surface area (Å²) < 4.78 is 22.4. The Morgan fingerprint density at radius 2 is 1.38 bits per heavy atom. The number of hydrogen-bond acceptors (Lipinski definition) is 13. The molecule has 0 aromatic rings. The van der Waals surface area contributed by atoms with Crippen molar-refractivity contribution in [1.82, 2.24) is 9.96 Å². The largest absolute Gasteiger partial charge is 0.390 e. The molecule has 3 fully saturated rings. The van der Waals surface area contributed by atoms with E-state index in [0.29, 0.717) is 69.7 Å². The molecule has 3 saturated heterocycles. The molecule has 0 spiro atoms. The van der Waals surface area contributed by atoms with Crippen LogP contribution < -0.4 is 0 Å². The third-order valence-electron chi connectivity index (χ3n) is 8.08. The smallest absolute Gasteiger partial charge is 0.333 e. The molecular formula is C30H50N2O13. The van der Waals surface area contributed by atoms with Gasteiger partial charge >= 0.3 is 5.97 Å². The molecule has 15 nitrogen and oxygen atoms in total. The lowest BCUT2D eigenvalue weighted by atomic mass is 10.0. The molecule has 0 radical (unpaired) electrons. The minimum Gasteiger partial charge on any atom is -0.390 e. The first-order valence-corrected chi connectivity index (χ1v) is 16.1. The van der Waals surface area contributed by atoms with E-state index >= 15 is 0 Å². The van der Waals surface area contributed by atoms with Gasteiger partial charge in [-0.3, -0.25) is 14.4 Å². The number of nitrogens with zero attached hydrogens (tertiary/aromatic N) is 2. The lowest BCUT2D eigenvalue weighted by Crippen LogP contribution is -2.48. The number of aliphatic hydroxyl groups excluding tert-OH is 4. The van der Waals surface area contributed by atoms with Gasteiger partial charge in [-0.1, -0.05) is 0 Å². The van der Waals surface area contributed by atoms with Gasteiger partial charge in [0.15, 0.2) is 12.6 Å². The Morgan fingerprint density at radius 1 is 0.778 bits per heavy atom. The Balaban J connectivity index is 1.39. The minimum atomic E-state index is -1.12. The summed E-state index contributed by atoms with van der Waals surface area (Å²) in [5, 5.41) is 40.5. The molecule has 45 heavy (non-hydrogen) atoms. The van der Waals surface area contributed by atoms with Gasteiger partial charge in [-0.05, 0) is 52.4 Å². The lowest BCUT2D eigenvalue weighted by molar-refractivity contribution is -0.263. The van der Waals surface area contributed by atoms with Gasteiger partial charge in [0.2, 0.25) is 5.91 Å². The third-order valence-corrected chi connectivity index (χ3v) is 8.08. The molecular weight excluding hydrogens is 596 g/mol. The van der Waals surface area contributed by atoms with E-state index in [-0.39, 0.29) is 50.7 Å². The van der Waals surface area contributed by atoms with Gasteiger partial charge in [-0.15, -0.1) is 5.06 Å². The Kier molecular flexibility index (Phi) is 15.5. The molecule has 3 heterocycles. The quantitative estimate of drug-likeness (QED) is 0.117. The van der Waals surface area contributed by atoms with E-state index in [1.54, 1.807) is 18.7 Å². The fourth-order valence-corrected chi connectivity index (χ4v) is 5.34. The zero-order chi connectivity index (χ0) is 32.9. The first-order chi connectivity index (χ1) is 21.5. The molecule has 3 aliphatic heterocycles. The Hall–Kier alpha value is -2.24. The molecule has 0 unspecified atom stereocenters. The van der Waals surface area contributed by atoms with E-state index in [1.807, 2.05) is 0 Å². The van der Waals surface area contributed by atoms with E-state index in [4.69, 9.17) is 23.8 Å². The van der Waals surface area contributed by atoms with Crippen LogP contribution in [0, 0.1) is 0 Å². The molecule has 4 N–H and O–H groups in total. The van der Waals surface area contributed by atoms with Crippen LogP contribution in [0.4, 0.5) is 0 Å². The number of amides is 3. The fraction of sp³-hybridized carbons (Fsp3) is 0.867.